The Kier molecular flexibility index (Phi) is 2.95. The molecule has 0 aliphatic carbocycles. The Hall–Kier alpha value is -0.730. The molecule has 0 aliphatic heterocycles. The molecule has 66 valence electrons. The Morgan fingerprint density at radius 1 is 1.42 bits per heavy atom. The third kappa shape index (κ3) is 1.90. The summed E-state index contributed by atoms with van der Waals surface area (Å²) in [6.07, 6.45) is 0. The van der Waals surface area contributed by atoms with Crippen molar-refractivity contribution < 1.29 is 5.11 Å². The molecule has 0 saturated heterocycles. The van der Waals surface area contributed by atoms with E-state index in [-0.39, 0.29) is 6.61 Å². The maximum absolute atomic E-state index is 9.01. The number of aliphatic hydroxyl groups is 1. The molecule has 0 saturated carbocycles. The fourth-order valence-corrected chi connectivity index (χ4v) is 1.31. The predicted octanol–water partition coefficient (Wildman–Crippen LogP) is 1.90. The number of halogens is 1. The monoisotopic (exact) mass is 185 g/mol. The van der Waals surface area contributed by atoms with Gasteiger partial charge in [-0.2, -0.15) is 0 Å². The number of nitrogens with zero attached hydrogens (tertiary/aromatic N) is 1. The molecule has 0 radical (unpaired) electrons. The highest BCUT2D eigenvalue weighted by Gasteiger charge is 2.03. The smallest absolute Gasteiger partial charge is 0.0702 e. The van der Waals surface area contributed by atoms with E-state index in [0.29, 0.717) is 5.02 Å². The average molecular weight is 186 g/mol. The van der Waals surface area contributed by atoms with Crippen LogP contribution in [0.5, 0.6) is 0 Å². The van der Waals surface area contributed by atoms with Crippen molar-refractivity contribution in [2.45, 2.75) is 6.61 Å². The molecule has 1 N–H and O–H groups in total. The van der Waals surface area contributed by atoms with E-state index in [0.717, 1.165) is 11.3 Å². The van der Waals surface area contributed by atoms with E-state index in [4.69, 9.17) is 16.7 Å². The molecule has 2 nitrogen and oxygen atoms in total. The van der Waals surface area contributed by atoms with Crippen molar-refractivity contribution in [3.63, 3.8) is 0 Å². The van der Waals surface area contributed by atoms with E-state index in [1.165, 1.54) is 0 Å². The van der Waals surface area contributed by atoms with Crippen molar-refractivity contribution >= 4 is 17.3 Å². The first kappa shape index (κ1) is 9.36. The highest BCUT2D eigenvalue weighted by Crippen LogP contribution is 2.22. The Morgan fingerprint density at radius 2 is 2.08 bits per heavy atom. The lowest BCUT2D eigenvalue weighted by Crippen LogP contribution is -2.11. The van der Waals surface area contributed by atoms with Crippen LogP contribution < -0.4 is 4.90 Å². The predicted molar refractivity (Wildman–Crippen MR) is 51.7 cm³/mol. The first-order valence-corrected chi connectivity index (χ1v) is 4.09. The van der Waals surface area contributed by atoms with E-state index in [1.54, 1.807) is 6.07 Å². The lowest BCUT2D eigenvalue weighted by atomic mass is 10.2. The van der Waals surface area contributed by atoms with Crippen molar-refractivity contribution in [3.05, 3.63) is 28.8 Å². The number of hydrogen-bond acceptors (Lipinski definition) is 2. The number of benzene rings is 1. The molecule has 0 fully saturated rings. The molecule has 3 heteroatoms. The highest BCUT2D eigenvalue weighted by atomic mass is 35.5. The van der Waals surface area contributed by atoms with Crippen molar-refractivity contribution in [2.24, 2.45) is 0 Å². The normalized spacial score (nSPS) is 10.0. The van der Waals surface area contributed by atoms with Crippen LogP contribution in [0.15, 0.2) is 18.2 Å². The number of hydrogen-bond donors (Lipinski definition) is 1. The Balaban J connectivity index is 3.11. The molecule has 0 amide bonds. The third-order valence-electron chi connectivity index (χ3n) is 1.69. The van der Waals surface area contributed by atoms with E-state index >= 15 is 0 Å². The van der Waals surface area contributed by atoms with Crippen LogP contribution in [0.25, 0.3) is 0 Å². The maximum Gasteiger partial charge on any atom is 0.0702 e. The molecular weight excluding hydrogens is 174 g/mol. The molecule has 1 aromatic carbocycles. The molecule has 0 spiro atoms. The molecule has 0 atom stereocenters. The van der Waals surface area contributed by atoms with Crippen molar-refractivity contribution in [3.8, 4) is 0 Å². The van der Waals surface area contributed by atoms with Crippen LogP contribution in [-0.2, 0) is 6.61 Å². The molecule has 0 bridgehead atoms. The van der Waals surface area contributed by atoms with Gasteiger partial charge in [-0.05, 0) is 18.2 Å². The lowest BCUT2D eigenvalue weighted by molar-refractivity contribution is 0.282. The maximum atomic E-state index is 9.01. The zero-order valence-corrected chi connectivity index (χ0v) is 7.97. The minimum atomic E-state index is 0.0219. The summed E-state index contributed by atoms with van der Waals surface area (Å²) in [7, 11) is 3.87. The van der Waals surface area contributed by atoms with E-state index < -0.39 is 0 Å². The first-order chi connectivity index (χ1) is 5.65. The molecule has 1 aromatic rings. The molecule has 1 rings (SSSR count). The van der Waals surface area contributed by atoms with Crippen LogP contribution in [0.4, 0.5) is 5.69 Å². The summed E-state index contributed by atoms with van der Waals surface area (Å²) in [6.45, 7) is 0.0219. The Labute approximate surface area is 77.4 Å². The fourth-order valence-electron chi connectivity index (χ4n) is 1.12. The topological polar surface area (TPSA) is 23.5 Å². The van der Waals surface area contributed by atoms with E-state index in [9.17, 15) is 0 Å². The second kappa shape index (κ2) is 3.78. The van der Waals surface area contributed by atoms with Gasteiger partial charge in [0.2, 0.25) is 0 Å². The minimum absolute atomic E-state index is 0.0219. The van der Waals surface area contributed by atoms with Gasteiger partial charge in [0, 0.05) is 30.4 Å². The second-order valence-corrected chi connectivity index (χ2v) is 3.26. The summed E-state index contributed by atoms with van der Waals surface area (Å²) in [4.78, 5) is 1.95. The number of anilines is 1. The SMILES string of the molecule is CN(C)c1ccc(Cl)cc1CO. The summed E-state index contributed by atoms with van der Waals surface area (Å²) >= 11 is 5.77. The molecular formula is C9H12ClNO. The van der Waals surface area contributed by atoms with Gasteiger partial charge in [-0.15, -0.1) is 0 Å². The Morgan fingerprint density at radius 3 is 2.58 bits per heavy atom. The van der Waals surface area contributed by atoms with Crippen LogP contribution in [0.1, 0.15) is 5.56 Å². The second-order valence-electron chi connectivity index (χ2n) is 2.83. The molecule has 0 heterocycles. The highest BCUT2D eigenvalue weighted by molar-refractivity contribution is 6.30. The molecule has 0 aromatic heterocycles. The zero-order valence-electron chi connectivity index (χ0n) is 7.21. The van der Waals surface area contributed by atoms with Crippen LogP contribution in [-0.4, -0.2) is 19.2 Å². The third-order valence-corrected chi connectivity index (χ3v) is 1.93. The van der Waals surface area contributed by atoms with Gasteiger partial charge < -0.3 is 10.0 Å². The van der Waals surface area contributed by atoms with Crippen LogP contribution in [0, 0.1) is 0 Å². The summed E-state index contributed by atoms with van der Waals surface area (Å²) in [6, 6.07) is 5.49. The van der Waals surface area contributed by atoms with Gasteiger partial charge in [-0.25, -0.2) is 0 Å². The fraction of sp³-hybridized carbons (Fsp3) is 0.333. The number of rotatable bonds is 2. The molecule has 12 heavy (non-hydrogen) atoms. The van der Waals surface area contributed by atoms with Crippen LogP contribution in [0.3, 0.4) is 0 Å². The van der Waals surface area contributed by atoms with Gasteiger partial charge in [-0.3, -0.25) is 0 Å². The zero-order chi connectivity index (χ0) is 9.14. The average Bonchev–Trinajstić information content (AvgIpc) is 2.03. The van der Waals surface area contributed by atoms with Crippen molar-refractivity contribution in [2.75, 3.05) is 19.0 Å². The van der Waals surface area contributed by atoms with Gasteiger partial charge in [0.25, 0.3) is 0 Å². The van der Waals surface area contributed by atoms with Crippen molar-refractivity contribution in [1.82, 2.24) is 0 Å². The van der Waals surface area contributed by atoms with Gasteiger partial charge in [0.1, 0.15) is 0 Å². The summed E-state index contributed by atoms with van der Waals surface area (Å²) in [5.74, 6) is 0. The van der Waals surface area contributed by atoms with Crippen LogP contribution in [0.2, 0.25) is 5.02 Å². The van der Waals surface area contributed by atoms with Crippen molar-refractivity contribution in [1.29, 1.82) is 0 Å². The lowest BCUT2D eigenvalue weighted by Gasteiger charge is -2.16. The van der Waals surface area contributed by atoms with E-state index in [2.05, 4.69) is 0 Å². The first-order valence-electron chi connectivity index (χ1n) is 3.71. The standard InChI is InChI=1S/C9H12ClNO/c1-11(2)9-4-3-8(10)5-7(9)6-12/h3-5,12H,6H2,1-2H3. The summed E-state index contributed by atoms with van der Waals surface area (Å²) < 4.78 is 0. The Bertz CT molecular complexity index is 273. The quantitative estimate of drug-likeness (QED) is 0.761. The molecule has 0 aliphatic rings. The van der Waals surface area contributed by atoms with Gasteiger partial charge in [0.05, 0.1) is 6.61 Å². The van der Waals surface area contributed by atoms with Gasteiger partial charge >= 0.3 is 0 Å². The molecule has 0 unspecified atom stereocenters. The summed E-state index contributed by atoms with van der Waals surface area (Å²) in [5.41, 5.74) is 1.86. The summed E-state index contributed by atoms with van der Waals surface area (Å²) in [5, 5.41) is 9.66. The number of aliphatic hydroxyl groups excluding tert-OH is 1. The van der Waals surface area contributed by atoms with Gasteiger partial charge in [-0.1, -0.05) is 11.6 Å². The van der Waals surface area contributed by atoms with Crippen LogP contribution >= 0.6 is 11.6 Å². The van der Waals surface area contributed by atoms with Gasteiger partial charge in [0.15, 0.2) is 0 Å². The largest absolute Gasteiger partial charge is 0.392 e. The van der Waals surface area contributed by atoms with E-state index in [1.807, 2.05) is 31.1 Å². The minimum Gasteiger partial charge on any atom is -0.392 e.